The lowest BCUT2D eigenvalue weighted by atomic mass is 9.81. The van der Waals surface area contributed by atoms with Gasteiger partial charge in [-0.25, -0.2) is 8.42 Å². The second-order valence-corrected chi connectivity index (χ2v) is 17.7. The largest absolute Gasteiger partial charge is 0.384 e. The molecule has 0 bridgehead atoms. The van der Waals surface area contributed by atoms with Crippen LogP contribution in [0.2, 0.25) is 0 Å². The van der Waals surface area contributed by atoms with E-state index in [0.717, 1.165) is 57.0 Å². The first-order valence-electron chi connectivity index (χ1n) is 20.4. The molecule has 13 nitrogen and oxygen atoms in total. The number of Topliss-reactive ketones (excluding diaryl/α,β-unsaturated/α-hetero) is 1. The number of rotatable bonds is 12. The number of aromatic nitrogens is 2. The molecule has 0 radical (unpaired) electrons. The summed E-state index contributed by atoms with van der Waals surface area (Å²) in [7, 11) is -3.56. The topological polar surface area (TPSA) is 218 Å². The number of carbonyl (C=O) groups is 2. The molecule has 4 aromatic carbocycles. The Balaban J connectivity index is 0.000000182. The number of para-hydroxylation sites is 1. The summed E-state index contributed by atoms with van der Waals surface area (Å²) >= 11 is 0. The number of fused-ring (bicyclic) bond motifs is 2. The molecule has 14 heteroatoms. The maximum Gasteiger partial charge on any atom is 0.243 e. The Hall–Kier alpha value is -6.25. The van der Waals surface area contributed by atoms with E-state index in [1.807, 2.05) is 73.8 Å². The summed E-state index contributed by atoms with van der Waals surface area (Å²) < 4.78 is 27.1. The van der Waals surface area contributed by atoms with E-state index in [9.17, 15) is 18.0 Å². The summed E-state index contributed by atoms with van der Waals surface area (Å²) in [5.41, 5.74) is 18.1. The number of ketones is 1. The molecule has 8 rings (SSSR count). The smallest absolute Gasteiger partial charge is 0.243 e. The van der Waals surface area contributed by atoms with Crippen LogP contribution in [-0.2, 0) is 32.5 Å². The number of piperazine rings is 1. The quantitative estimate of drug-likeness (QED) is 0.0539. The number of anilines is 1. The summed E-state index contributed by atoms with van der Waals surface area (Å²) in [6.45, 7) is 3.15. The molecule has 1 saturated heterocycles. The van der Waals surface area contributed by atoms with Gasteiger partial charge in [-0.15, -0.1) is 0 Å². The number of aromatic amines is 2. The van der Waals surface area contributed by atoms with E-state index in [4.69, 9.17) is 22.3 Å². The second-order valence-electron chi connectivity index (χ2n) is 15.8. The van der Waals surface area contributed by atoms with Crippen LogP contribution in [0.5, 0.6) is 0 Å². The summed E-state index contributed by atoms with van der Waals surface area (Å²) in [6.07, 6.45) is 10.1. The Bertz CT molecular complexity index is 2600. The van der Waals surface area contributed by atoms with Gasteiger partial charge < -0.3 is 31.7 Å². The summed E-state index contributed by atoms with van der Waals surface area (Å²) in [6, 6.07) is 27.7. The molecule has 1 aliphatic heterocycles. The van der Waals surface area contributed by atoms with Gasteiger partial charge in [0.05, 0.1) is 17.4 Å². The Morgan fingerprint density at radius 3 is 1.85 bits per heavy atom. The molecule has 60 heavy (non-hydrogen) atoms. The molecule has 3 heterocycles. The fourth-order valence-corrected chi connectivity index (χ4v) is 9.66. The first-order chi connectivity index (χ1) is 28.9. The van der Waals surface area contributed by atoms with Crippen LogP contribution in [0.1, 0.15) is 59.9 Å². The molecule has 2 aliphatic rings. The van der Waals surface area contributed by atoms with Crippen molar-refractivity contribution in [1.82, 2.24) is 19.2 Å². The van der Waals surface area contributed by atoms with Crippen molar-refractivity contribution in [3.63, 3.8) is 0 Å². The zero-order valence-corrected chi connectivity index (χ0v) is 34.7. The van der Waals surface area contributed by atoms with Crippen molar-refractivity contribution < 1.29 is 18.0 Å². The maximum absolute atomic E-state index is 13.4. The standard InChI is InChI=1S/C24H28N4O.C22H25N5O3S/c25-24(26)17-11-12-21-20(13-17)18(15-27-21)14-22(29)23(16-7-3-1-4-8-16)28-19-9-5-2-6-10-19;1-15-2-5-18(6-3-15)31(29,30)27-10-8-26(9-11-27)21(28)13-17-14-25-20-7-4-16(22(23)24)12-19(17)20/h2,5-6,9-13,15-16,23,27-28H,1,3-4,7-8,14H2,(H3,25,26);2-7,12,14,25H,8-11,13H2,1H3,(H3,23,24). The zero-order valence-electron chi connectivity index (χ0n) is 33.8. The van der Waals surface area contributed by atoms with Gasteiger partial charge in [0.2, 0.25) is 15.9 Å². The van der Waals surface area contributed by atoms with Crippen LogP contribution in [0.3, 0.4) is 0 Å². The minimum Gasteiger partial charge on any atom is -0.384 e. The summed E-state index contributed by atoms with van der Waals surface area (Å²) in [4.78, 5) is 34.7. The number of benzene rings is 4. The van der Waals surface area contributed by atoms with E-state index in [-0.39, 0.29) is 53.8 Å². The van der Waals surface area contributed by atoms with Gasteiger partial charge in [0.15, 0.2) is 5.78 Å². The van der Waals surface area contributed by atoms with Crippen LogP contribution in [-0.4, -0.2) is 83.2 Å². The van der Waals surface area contributed by atoms with Gasteiger partial charge in [-0.1, -0.05) is 55.2 Å². The van der Waals surface area contributed by atoms with Crippen LogP contribution < -0.4 is 16.8 Å². The monoisotopic (exact) mass is 827 g/mol. The molecule has 1 amide bonds. The van der Waals surface area contributed by atoms with Gasteiger partial charge in [0.1, 0.15) is 11.7 Å². The van der Waals surface area contributed by atoms with Crippen molar-refractivity contribution in [3.8, 4) is 0 Å². The minimum atomic E-state index is -3.56. The van der Waals surface area contributed by atoms with E-state index in [1.165, 1.54) is 23.6 Å². The molecular weight excluding hydrogens is 775 g/mol. The summed E-state index contributed by atoms with van der Waals surface area (Å²) in [5.74, 6) is 0.549. The minimum absolute atomic E-state index is 0.0220. The highest BCUT2D eigenvalue weighted by atomic mass is 32.2. The predicted molar refractivity (Wildman–Crippen MR) is 238 cm³/mol. The molecule has 2 aromatic heterocycles. The lowest BCUT2D eigenvalue weighted by Gasteiger charge is -2.34. The number of amidine groups is 2. The Labute approximate surface area is 350 Å². The normalized spacial score (nSPS) is 15.6. The van der Waals surface area contributed by atoms with Gasteiger partial charge in [-0.2, -0.15) is 4.31 Å². The lowest BCUT2D eigenvalue weighted by molar-refractivity contribution is -0.131. The highest BCUT2D eigenvalue weighted by Crippen LogP contribution is 2.31. The van der Waals surface area contributed by atoms with Crippen LogP contribution in [0.4, 0.5) is 5.69 Å². The number of carbonyl (C=O) groups excluding carboxylic acids is 2. The van der Waals surface area contributed by atoms with Gasteiger partial charge in [0, 0.05) is 83.6 Å². The molecule has 9 N–H and O–H groups in total. The Kier molecular flexibility index (Phi) is 12.8. The highest BCUT2D eigenvalue weighted by Gasteiger charge is 2.31. The molecule has 312 valence electrons. The number of nitrogen functional groups attached to an aromatic ring is 2. The van der Waals surface area contributed by atoms with Crippen molar-refractivity contribution in [2.24, 2.45) is 17.4 Å². The fraction of sp³-hybridized carbons (Fsp3) is 0.304. The molecule has 1 aliphatic carbocycles. The number of hydrogen-bond acceptors (Lipinski definition) is 7. The van der Waals surface area contributed by atoms with Gasteiger partial charge >= 0.3 is 0 Å². The Morgan fingerprint density at radius 1 is 0.750 bits per heavy atom. The summed E-state index contributed by atoms with van der Waals surface area (Å²) in [5, 5.41) is 20.7. The number of sulfonamides is 1. The molecule has 1 unspecified atom stereocenters. The maximum atomic E-state index is 13.4. The lowest BCUT2D eigenvalue weighted by Crippen LogP contribution is -2.50. The third kappa shape index (κ3) is 9.61. The molecule has 1 atom stereocenters. The van der Waals surface area contributed by atoms with Gasteiger partial charge in [0.25, 0.3) is 0 Å². The predicted octanol–water partition coefficient (Wildman–Crippen LogP) is 6.46. The highest BCUT2D eigenvalue weighted by molar-refractivity contribution is 7.89. The van der Waals surface area contributed by atoms with E-state index < -0.39 is 10.0 Å². The first kappa shape index (κ1) is 41.9. The average molecular weight is 828 g/mol. The van der Waals surface area contributed by atoms with Gasteiger partial charge in [-0.3, -0.25) is 20.4 Å². The molecule has 2 fully saturated rings. The van der Waals surface area contributed by atoms with E-state index >= 15 is 0 Å². The number of hydrogen-bond donors (Lipinski definition) is 7. The molecular formula is C46H53N9O4S. The molecule has 1 saturated carbocycles. The second kappa shape index (κ2) is 18.3. The van der Waals surface area contributed by atoms with Crippen molar-refractivity contribution in [3.05, 3.63) is 131 Å². The van der Waals surface area contributed by atoms with E-state index in [2.05, 4.69) is 15.3 Å². The SMILES string of the molecule is Cc1ccc(S(=O)(=O)N2CCN(C(=O)Cc3c[nH]c4ccc(C(=N)N)cc34)CC2)cc1.N=C(N)c1ccc2[nH]cc(CC(=O)C(Nc3ccccc3)C3CCCCC3)c2c1. The molecule has 0 spiro atoms. The number of aryl methyl sites for hydroxylation is 1. The van der Waals surface area contributed by atoms with Crippen molar-refractivity contribution in [2.45, 2.75) is 62.8 Å². The molecule has 6 aromatic rings. The first-order valence-corrected chi connectivity index (χ1v) is 21.9. The number of nitrogens with one attached hydrogen (secondary N) is 5. The van der Waals surface area contributed by atoms with Gasteiger partial charge in [-0.05, 0) is 97.5 Å². The van der Waals surface area contributed by atoms with Crippen molar-refractivity contribution in [1.29, 1.82) is 10.8 Å². The third-order valence-corrected chi connectivity index (χ3v) is 13.6. The third-order valence-electron chi connectivity index (χ3n) is 11.7. The van der Waals surface area contributed by atoms with Crippen LogP contribution in [0.25, 0.3) is 21.8 Å². The van der Waals surface area contributed by atoms with Crippen LogP contribution >= 0.6 is 0 Å². The van der Waals surface area contributed by atoms with E-state index in [0.29, 0.717) is 36.6 Å². The number of nitrogens with two attached hydrogens (primary N) is 2. The average Bonchev–Trinajstić information content (AvgIpc) is 3.86. The number of H-pyrrole nitrogens is 2. The van der Waals surface area contributed by atoms with Crippen LogP contribution in [0, 0.1) is 23.7 Å². The number of amides is 1. The Morgan fingerprint density at radius 2 is 1.30 bits per heavy atom. The van der Waals surface area contributed by atoms with Crippen molar-refractivity contribution in [2.75, 3.05) is 31.5 Å². The fourth-order valence-electron chi connectivity index (χ4n) is 8.24. The van der Waals surface area contributed by atoms with Crippen molar-refractivity contribution >= 4 is 60.9 Å². The zero-order chi connectivity index (χ0) is 42.4. The van der Waals surface area contributed by atoms with Crippen LogP contribution in [0.15, 0.2) is 108 Å². The van der Waals surface area contributed by atoms with E-state index in [1.54, 1.807) is 41.4 Å². The number of nitrogens with zero attached hydrogens (tertiary/aromatic N) is 2.